The number of ether oxygens (including phenoxy) is 1. The van der Waals surface area contributed by atoms with Crippen LogP contribution in [-0.4, -0.2) is 74.9 Å². The van der Waals surface area contributed by atoms with E-state index in [4.69, 9.17) is 4.74 Å². The maximum absolute atomic E-state index is 13.1. The predicted molar refractivity (Wildman–Crippen MR) is 120 cm³/mol. The van der Waals surface area contributed by atoms with Crippen LogP contribution in [0.2, 0.25) is 0 Å². The van der Waals surface area contributed by atoms with Crippen LogP contribution in [0.3, 0.4) is 0 Å². The quantitative estimate of drug-likeness (QED) is 0.721. The van der Waals surface area contributed by atoms with Gasteiger partial charge in [0, 0.05) is 38.1 Å². The largest absolute Gasteiger partial charge is 0.379 e. The molecule has 1 saturated carbocycles. The number of nitrogens with zero attached hydrogens (tertiary/aromatic N) is 2. The summed E-state index contributed by atoms with van der Waals surface area (Å²) in [5.74, 6) is 0.0399. The highest BCUT2D eigenvalue weighted by Crippen LogP contribution is 2.27. The summed E-state index contributed by atoms with van der Waals surface area (Å²) in [6.45, 7) is 2.54. The van der Waals surface area contributed by atoms with E-state index in [1.807, 2.05) is 4.90 Å². The lowest BCUT2D eigenvalue weighted by Gasteiger charge is -2.35. The van der Waals surface area contributed by atoms with E-state index in [1.54, 1.807) is 18.2 Å². The third-order valence-electron chi connectivity index (χ3n) is 6.82. The van der Waals surface area contributed by atoms with Crippen molar-refractivity contribution in [2.45, 2.75) is 55.9 Å². The van der Waals surface area contributed by atoms with E-state index in [0.717, 1.165) is 25.7 Å². The summed E-state index contributed by atoms with van der Waals surface area (Å²) in [4.78, 5) is 27.8. The molecule has 0 atom stereocenters. The first-order valence-electron chi connectivity index (χ1n) is 11.7. The molecule has 0 unspecified atom stereocenters. The Morgan fingerprint density at radius 2 is 1.56 bits per heavy atom. The average molecular weight is 464 g/mol. The lowest BCUT2D eigenvalue weighted by atomic mass is 9.87. The van der Waals surface area contributed by atoms with Gasteiger partial charge in [-0.25, -0.2) is 8.42 Å². The molecule has 32 heavy (non-hydrogen) atoms. The van der Waals surface area contributed by atoms with Crippen molar-refractivity contribution in [3.05, 3.63) is 29.8 Å². The Kier molecular flexibility index (Phi) is 7.48. The summed E-state index contributed by atoms with van der Waals surface area (Å²) in [5, 5.41) is 3.01. The first-order chi connectivity index (χ1) is 15.5. The molecule has 1 aliphatic carbocycles. The highest BCUT2D eigenvalue weighted by atomic mass is 32.2. The summed E-state index contributed by atoms with van der Waals surface area (Å²) in [5.41, 5.74) is 0.166. The third kappa shape index (κ3) is 5.15. The smallest absolute Gasteiger partial charge is 0.252 e. The van der Waals surface area contributed by atoms with Crippen LogP contribution in [0, 0.1) is 5.92 Å². The second kappa shape index (κ2) is 10.3. The van der Waals surface area contributed by atoms with E-state index >= 15 is 0 Å². The molecule has 8 nitrogen and oxygen atoms in total. The molecule has 0 spiro atoms. The van der Waals surface area contributed by atoms with Crippen LogP contribution >= 0.6 is 0 Å². The number of piperidine rings is 1. The molecule has 0 radical (unpaired) electrons. The number of hydrogen-bond donors (Lipinski definition) is 1. The maximum Gasteiger partial charge on any atom is 0.252 e. The summed E-state index contributed by atoms with van der Waals surface area (Å²) in [6.07, 6.45) is 6.84. The van der Waals surface area contributed by atoms with Gasteiger partial charge in [-0.2, -0.15) is 4.31 Å². The molecule has 4 rings (SSSR count). The van der Waals surface area contributed by atoms with Crippen molar-refractivity contribution in [2.24, 2.45) is 5.92 Å². The Bertz CT molecular complexity index is 915. The van der Waals surface area contributed by atoms with Crippen LogP contribution in [0.25, 0.3) is 0 Å². The first kappa shape index (κ1) is 23.2. The summed E-state index contributed by atoms with van der Waals surface area (Å²) in [6, 6.07) is 6.30. The fourth-order valence-corrected chi connectivity index (χ4v) is 6.52. The zero-order chi connectivity index (χ0) is 22.6. The lowest BCUT2D eigenvalue weighted by molar-refractivity contribution is -0.137. The van der Waals surface area contributed by atoms with Crippen molar-refractivity contribution in [3.8, 4) is 0 Å². The SMILES string of the molecule is O=C(NC1CCN(C(=O)C2CCCCC2)CC1)c1ccccc1S(=O)(=O)N1CCOCC1. The molecule has 1 aromatic rings. The van der Waals surface area contributed by atoms with E-state index < -0.39 is 10.0 Å². The molecule has 2 saturated heterocycles. The molecule has 9 heteroatoms. The van der Waals surface area contributed by atoms with Crippen LogP contribution in [0.15, 0.2) is 29.2 Å². The van der Waals surface area contributed by atoms with Crippen molar-refractivity contribution in [3.63, 3.8) is 0 Å². The minimum Gasteiger partial charge on any atom is -0.379 e. The number of sulfonamides is 1. The summed E-state index contributed by atoms with van der Waals surface area (Å²) >= 11 is 0. The molecular weight excluding hydrogens is 430 g/mol. The first-order valence-corrected chi connectivity index (χ1v) is 13.2. The van der Waals surface area contributed by atoms with E-state index in [0.29, 0.717) is 39.1 Å². The van der Waals surface area contributed by atoms with Crippen molar-refractivity contribution < 1.29 is 22.7 Å². The predicted octanol–water partition coefficient (Wildman–Crippen LogP) is 2.01. The number of morpholine rings is 1. The number of nitrogens with one attached hydrogen (secondary N) is 1. The van der Waals surface area contributed by atoms with E-state index in [9.17, 15) is 18.0 Å². The lowest BCUT2D eigenvalue weighted by Crippen LogP contribution is -2.48. The maximum atomic E-state index is 13.1. The van der Waals surface area contributed by atoms with Gasteiger partial charge in [0.1, 0.15) is 0 Å². The molecule has 0 aromatic heterocycles. The number of rotatable bonds is 5. The minimum absolute atomic E-state index is 0.0318. The van der Waals surface area contributed by atoms with Crippen LogP contribution in [0.4, 0.5) is 0 Å². The Morgan fingerprint density at radius 1 is 0.906 bits per heavy atom. The Balaban J connectivity index is 1.37. The van der Waals surface area contributed by atoms with Gasteiger partial charge in [0.15, 0.2) is 0 Å². The third-order valence-corrected chi connectivity index (χ3v) is 8.77. The summed E-state index contributed by atoms with van der Waals surface area (Å²) < 4.78 is 32.9. The van der Waals surface area contributed by atoms with Gasteiger partial charge in [0.05, 0.1) is 23.7 Å². The minimum atomic E-state index is -3.77. The molecule has 1 N–H and O–H groups in total. The fraction of sp³-hybridized carbons (Fsp3) is 0.652. The molecule has 0 bridgehead atoms. The number of carbonyl (C=O) groups excluding carboxylic acids is 2. The van der Waals surface area contributed by atoms with Gasteiger partial charge in [-0.15, -0.1) is 0 Å². The molecule has 2 amide bonds. The Hall–Kier alpha value is -1.97. The van der Waals surface area contributed by atoms with Crippen LogP contribution in [-0.2, 0) is 19.6 Å². The molecule has 176 valence electrons. The van der Waals surface area contributed by atoms with Gasteiger partial charge in [-0.05, 0) is 37.8 Å². The summed E-state index contributed by atoms with van der Waals surface area (Å²) in [7, 11) is -3.77. The fourth-order valence-electron chi connectivity index (χ4n) is 4.92. The van der Waals surface area contributed by atoms with E-state index in [2.05, 4.69) is 5.32 Å². The van der Waals surface area contributed by atoms with Crippen molar-refractivity contribution >= 4 is 21.8 Å². The number of amides is 2. The monoisotopic (exact) mass is 463 g/mol. The number of likely N-dealkylation sites (tertiary alicyclic amines) is 1. The van der Waals surface area contributed by atoms with Crippen molar-refractivity contribution in [1.82, 2.24) is 14.5 Å². The van der Waals surface area contributed by atoms with Crippen molar-refractivity contribution in [1.29, 1.82) is 0 Å². The number of hydrogen-bond acceptors (Lipinski definition) is 5. The molecular formula is C23H33N3O5S. The highest BCUT2D eigenvalue weighted by Gasteiger charge is 2.32. The zero-order valence-corrected chi connectivity index (χ0v) is 19.3. The van der Waals surface area contributed by atoms with Crippen molar-refractivity contribution in [2.75, 3.05) is 39.4 Å². The Morgan fingerprint density at radius 3 is 2.25 bits per heavy atom. The second-order valence-corrected chi connectivity index (χ2v) is 10.8. The number of carbonyl (C=O) groups is 2. The highest BCUT2D eigenvalue weighted by molar-refractivity contribution is 7.89. The van der Waals surface area contributed by atoms with E-state index in [-0.39, 0.29) is 47.3 Å². The number of benzene rings is 1. The topological polar surface area (TPSA) is 96.0 Å². The molecule has 3 fully saturated rings. The van der Waals surface area contributed by atoms with Gasteiger partial charge in [-0.1, -0.05) is 31.4 Å². The normalized spacial score (nSPS) is 21.9. The van der Waals surface area contributed by atoms with Gasteiger partial charge in [0.25, 0.3) is 5.91 Å². The van der Waals surface area contributed by atoms with Crippen LogP contribution in [0.1, 0.15) is 55.3 Å². The second-order valence-electron chi connectivity index (χ2n) is 8.92. The van der Waals surface area contributed by atoms with Crippen LogP contribution in [0.5, 0.6) is 0 Å². The van der Waals surface area contributed by atoms with Gasteiger partial charge < -0.3 is 15.0 Å². The van der Waals surface area contributed by atoms with Gasteiger partial charge in [0.2, 0.25) is 15.9 Å². The molecule has 1 aromatic carbocycles. The molecule has 2 aliphatic heterocycles. The van der Waals surface area contributed by atoms with E-state index in [1.165, 1.54) is 16.8 Å². The van der Waals surface area contributed by atoms with Gasteiger partial charge >= 0.3 is 0 Å². The standard InChI is InChI=1S/C23H33N3O5S/c27-22(20-8-4-5-9-21(20)32(29,30)26-14-16-31-17-15-26)24-19-10-12-25(13-11-19)23(28)18-6-2-1-3-7-18/h4-5,8-9,18-19H,1-3,6-7,10-17H2,(H,24,27). The molecule has 3 aliphatic rings. The molecule has 2 heterocycles. The van der Waals surface area contributed by atoms with Gasteiger partial charge in [-0.3, -0.25) is 9.59 Å². The Labute approximate surface area is 190 Å². The van der Waals surface area contributed by atoms with Crippen LogP contribution < -0.4 is 5.32 Å². The average Bonchev–Trinajstić information content (AvgIpc) is 2.85. The zero-order valence-electron chi connectivity index (χ0n) is 18.5.